The highest BCUT2D eigenvalue weighted by atomic mass is 16.4. The van der Waals surface area contributed by atoms with Gasteiger partial charge < -0.3 is 21.8 Å². The molecule has 0 bridgehead atoms. The molecule has 0 saturated carbocycles. The van der Waals surface area contributed by atoms with E-state index >= 15 is 0 Å². The van der Waals surface area contributed by atoms with Gasteiger partial charge in [0.15, 0.2) is 0 Å². The van der Waals surface area contributed by atoms with E-state index in [1.165, 1.54) is 0 Å². The van der Waals surface area contributed by atoms with Crippen LogP contribution in [0.25, 0.3) is 0 Å². The molecule has 5 nitrogen and oxygen atoms in total. The van der Waals surface area contributed by atoms with E-state index in [0.717, 1.165) is 13.0 Å². The molecule has 5 heteroatoms. The summed E-state index contributed by atoms with van der Waals surface area (Å²) < 4.78 is 0. The Morgan fingerprint density at radius 3 is 1.70 bits per heavy atom. The molecule has 6 N–H and O–H groups in total. The maximum atomic E-state index is 9.47. The molecule has 0 spiro atoms. The van der Waals surface area contributed by atoms with Crippen molar-refractivity contribution >= 4 is 11.9 Å². The molecule has 0 aromatic heterocycles. The van der Waals surface area contributed by atoms with E-state index in [-0.39, 0.29) is 6.15 Å². The number of quaternary nitrogens is 1. The van der Waals surface area contributed by atoms with Crippen molar-refractivity contribution in [2.24, 2.45) is 5.73 Å². The first-order chi connectivity index (χ1) is 4.00. The molecule has 10 heavy (non-hydrogen) atoms. The van der Waals surface area contributed by atoms with Crippen molar-refractivity contribution in [3.8, 4) is 0 Å². The molecule has 0 rings (SSSR count). The average Bonchev–Trinajstić information content (AvgIpc) is 1.65. The molecular formula is C5H12N2O3. The Bertz CT molecular complexity index is 118. The number of carboxylic acids is 1. The van der Waals surface area contributed by atoms with Crippen LogP contribution in [0.4, 0.5) is 0 Å². The topological polar surface area (TPSA) is 120 Å². The second kappa shape index (κ2) is 10.6. The van der Waals surface area contributed by atoms with Gasteiger partial charge in [0.2, 0.25) is 5.91 Å². The van der Waals surface area contributed by atoms with Crippen molar-refractivity contribution in [1.29, 1.82) is 0 Å². The number of hydrogen-bond acceptors (Lipinski definition) is 3. The van der Waals surface area contributed by atoms with Gasteiger partial charge in [0, 0.05) is 5.97 Å². The number of hydrogen-bond donors (Lipinski definition) is 2. The first kappa shape index (κ1) is 15.9. The Balaban J connectivity index is -0.0000000910. The van der Waals surface area contributed by atoms with E-state index < -0.39 is 11.9 Å². The fraction of sp³-hybridized carbons (Fsp3) is 0.200. The largest absolute Gasteiger partial charge is 0.550 e. The van der Waals surface area contributed by atoms with Gasteiger partial charge in [0.25, 0.3) is 0 Å². The van der Waals surface area contributed by atoms with E-state index in [9.17, 15) is 4.79 Å². The number of carboxylic acid groups (broad SMARTS) is 1. The van der Waals surface area contributed by atoms with E-state index in [2.05, 4.69) is 12.3 Å². The molecule has 0 aromatic rings. The summed E-state index contributed by atoms with van der Waals surface area (Å²) in [5.41, 5.74) is 4.53. The minimum Gasteiger partial charge on any atom is -0.550 e. The van der Waals surface area contributed by atoms with Gasteiger partial charge in [0.1, 0.15) is 0 Å². The number of aliphatic carboxylic acids is 1. The molecule has 0 saturated heterocycles. The van der Waals surface area contributed by atoms with Crippen LogP contribution in [0.5, 0.6) is 0 Å². The normalized spacial score (nSPS) is 5.70. The van der Waals surface area contributed by atoms with Gasteiger partial charge in [-0.15, -0.1) is 0 Å². The fourth-order valence-electron chi connectivity index (χ4n) is 0. The lowest BCUT2D eigenvalue weighted by atomic mass is 10.6. The van der Waals surface area contributed by atoms with Crippen molar-refractivity contribution in [3.05, 3.63) is 12.7 Å². The first-order valence-corrected chi connectivity index (χ1v) is 2.10. The molecule has 0 aliphatic carbocycles. The van der Waals surface area contributed by atoms with Crippen LogP contribution in [0.1, 0.15) is 6.92 Å². The van der Waals surface area contributed by atoms with E-state index in [0.29, 0.717) is 0 Å². The van der Waals surface area contributed by atoms with E-state index in [1.54, 1.807) is 0 Å². The number of carbonyl (C=O) groups excluding carboxylic acids is 2. The quantitative estimate of drug-likeness (QED) is 0.454. The van der Waals surface area contributed by atoms with Crippen LogP contribution in [0, 0.1) is 0 Å². The van der Waals surface area contributed by atoms with Gasteiger partial charge in [-0.25, -0.2) is 0 Å². The Kier molecular flexibility index (Phi) is 16.8. The molecule has 0 unspecified atom stereocenters. The minimum absolute atomic E-state index is 0. The van der Waals surface area contributed by atoms with Crippen LogP contribution in [0.3, 0.4) is 0 Å². The van der Waals surface area contributed by atoms with Gasteiger partial charge in [0.05, 0.1) is 0 Å². The zero-order valence-corrected chi connectivity index (χ0v) is 6.09. The summed E-state index contributed by atoms with van der Waals surface area (Å²) in [5, 5.41) is 8.89. The van der Waals surface area contributed by atoms with Crippen molar-refractivity contribution in [2.45, 2.75) is 6.92 Å². The predicted octanol–water partition coefficient (Wildman–Crippen LogP) is -1.21. The molecule has 0 aromatic carbocycles. The Morgan fingerprint density at radius 2 is 1.70 bits per heavy atom. The van der Waals surface area contributed by atoms with E-state index in [4.69, 9.17) is 9.90 Å². The van der Waals surface area contributed by atoms with Gasteiger partial charge >= 0.3 is 0 Å². The summed E-state index contributed by atoms with van der Waals surface area (Å²) in [6.07, 6.45) is 1.06. The van der Waals surface area contributed by atoms with Crippen molar-refractivity contribution < 1.29 is 14.7 Å². The fourth-order valence-corrected chi connectivity index (χ4v) is 0. The van der Waals surface area contributed by atoms with Gasteiger partial charge in [-0.2, -0.15) is 0 Å². The summed E-state index contributed by atoms with van der Waals surface area (Å²) in [6, 6.07) is 0. The van der Waals surface area contributed by atoms with Crippen LogP contribution in [-0.4, -0.2) is 11.9 Å². The lowest BCUT2D eigenvalue weighted by Crippen LogP contribution is -2.16. The van der Waals surface area contributed by atoms with Crippen LogP contribution in [0.2, 0.25) is 0 Å². The number of carbonyl (C=O) groups is 2. The molecule has 1 amide bonds. The minimum atomic E-state index is -1.08. The number of amides is 1. The Hall–Kier alpha value is -1.36. The van der Waals surface area contributed by atoms with Crippen LogP contribution in [0.15, 0.2) is 12.7 Å². The third-order valence-electron chi connectivity index (χ3n) is 0.201. The molecule has 0 aliphatic rings. The van der Waals surface area contributed by atoms with Crippen LogP contribution in [-0.2, 0) is 9.59 Å². The summed E-state index contributed by atoms with van der Waals surface area (Å²) in [4.78, 5) is 18.4. The van der Waals surface area contributed by atoms with Crippen LogP contribution < -0.4 is 17.0 Å². The van der Waals surface area contributed by atoms with E-state index in [1.807, 2.05) is 0 Å². The molecule has 0 heterocycles. The highest BCUT2D eigenvalue weighted by molar-refractivity contribution is 5.84. The van der Waals surface area contributed by atoms with Crippen LogP contribution >= 0.6 is 0 Å². The SMILES string of the molecule is C=CC(N)=O.CC(=O)[O-].[NH4+]. The second-order valence-corrected chi connectivity index (χ2v) is 1.10. The van der Waals surface area contributed by atoms with Gasteiger partial charge in [-0.1, -0.05) is 6.58 Å². The third-order valence-corrected chi connectivity index (χ3v) is 0.201. The van der Waals surface area contributed by atoms with Crippen molar-refractivity contribution in [2.75, 3.05) is 0 Å². The smallest absolute Gasteiger partial charge is 0.240 e. The first-order valence-electron chi connectivity index (χ1n) is 2.10. The van der Waals surface area contributed by atoms with Crippen molar-refractivity contribution in [3.63, 3.8) is 0 Å². The molecule has 0 atom stereocenters. The highest BCUT2D eigenvalue weighted by Gasteiger charge is 1.69. The number of nitrogens with two attached hydrogens (primary N) is 1. The molecular weight excluding hydrogens is 136 g/mol. The summed E-state index contributed by atoms with van der Waals surface area (Å²) >= 11 is 0. The Labute approximate surface area is 59.1 Å². The Morgan fingerprint density at radius 1 is 1.60 bits per heavy atom. The second-order valence-electron chi connectivity index (χ2n) is 1.10. The third kappa shape index (κ3) is 516. The monoisotopic (exact) mass is 148 g/mol. The number of primary amides is 1. The average molecular weight is 148 g/mol. The molecule has 0 aliphatic heterocycles. The standard InChI is InChI=1S/C3H5NO.C2H4O2.H3N/c1-2-3(4)5;1-2(3)4;/h2H,1H2,(H2,4,5);1H3,(H,3,4);1H3. The molecule has 0 radical (unpaired) electrons. The zero-order valence-electron chi connectivity index (χ0n) is 6.09. The van der Waals surface area contributed by atoms with Gasteiger partial charge in [-0.05, 0) is 13.0 Å². The maximum Gasteiger partial charge on any atom is 0.240 e. The highest BCUT2D eigenvalue weighted by Crippen LogP contribution is 1.48. The summed E-state index contributed by atoms with van der Waals surface area (Å²) in [6.45, 7) is 4.06. The lowest BCUT2D eigenvalue weighted by molar-refractivity contribution is -0.302. The van der Waals surface area contributed by atoms with Crippen molar-refractivity contribution in [1.82, 2.24) is 6.15 Å². The predicted molar refractivity (Wildman–Crippen MR) is 36.1 cm³/mol. The maximum absolute atomic E-state index is 9.47. The summed E-state index contributed by atoms with van der Waals surface area (Å²) in [5.74, 6) is -1.56. The molecule has 60 valence electrons. The number of rotatable bonds is 1. The summed E-state index contributed by atoms with van der Waals surface area (Å²) in [7, 11) is 0. The zero-order chi connectivity index (χ0) is 7.86. The van der Waals surface area contributed by atoms with Gasteiger partial charge in [-0.3, -0.25) is 4.79 Å². The molecule has 0 fully saturated rings. The lowest BCUT2D eigenvalue weighted by Gasteiger charge is -1.77.